The lowest BCUT2D eigenvalue weighted by Gasteiger charge is -2.04. The van der Waals surface area contributed by atoms with E-state index >= 15 is 0 Å². The van der Waals surface area contributed by atoms with Gasteiger partial charge >= 0.3 is 0 Å². The number of aryl methyl sites for hydroxylation is 1. The Morgan fingerprint density at radius 1 is 1.30 bits per heavy atom. The molecule has 4 rings (SSSR count). The van der Waals surface area contributed by atoms with Crippen LogP contribution in [-0.2, 0) is 13.1 Å². The molecule has 0 atom stereocenters. The van der Waals surface area contributed by atoms with Gasteiger partial charge in [0.15, 0.2) is 5.65 Å². The topological polar surface area (TPSA) is 124 Å². The second-order valence-electron chi connectivity index (χ2n) is 6.03. The summed E-state index contributed by atoms with van der Waals surface area (Å²) in [6, 6.07) is 7.25. The number of ether oxygens (including phenoxy) is 1. The summed E-state index contributed by atoms with van der Waals surface area (Å²) < 4.78 is 6.99. The van der Waals surface area contributed by atoms with Crippen molar-refractivity contribution in [2.24, 2.45) is 0 Å². The monoisotopic (exact) mass is 365 g/mol. The van der Waals surface area contributed by atoms with E-state index in [0.29, 0.717) is 35.0 Å². The third-order valence-corrected chi connectivity index (χ3v) is 4.35. The van der Waals surface area contributed by atoms with Crippen LogP contribution in [0.3, 0.4) is 0 Å². The van der Waals surface area contributed by atoms with Crippen LogP contribution in [0.15, 0.2) is 30.5 Å². The number of methoxy groups -OCH3 is 1. The number of rotatable bonds is 5. The maximum Gasteiger partial charge on any atom is 0.253 e. The van der Waals surface area contributed by atoms with Crippen molar-refractivity contribution in [3.8, 4) is 5.75 Å². The Morgan fingerprint density at radius 2 is 2.15 bits per heavy atom. The fourth-order valence-corrected chi connectivity index (χ4v) is 2.98. The summed E-state index contributed by atoms with van der Waals surface area (Å²) in [5.74, 6) is 1.52. The molecule has 27 heavy (non-hydrogen) atoms. The standard InChI is InChI=1S/C18H19N7O2/c1-3-25-16-14(24-18(25)19)6-10(8-20-16)17(26)21-9-15-22-12-5-4-11(27-2)7-13(12)23-15/h4-8H,3,9H2,1-2H3,(H2,19,24)(H,21,26)(H,22,23). The van der Waals surface area contributed by atoms with Crippen LogP contribution < -0.4 is 15.8 Å². The van der Waals surface area contributed by atoms with E-state index in [1.807, 2.05) is 25.1 Å². The zero-order valence-electron chi connectivity index (χ0n) is 15.0. The Kier molecular flexibility index (Phi) is 4.11. The number of carbonyl (C=O) groups is 1. The number of aromatic nitrogens is 5. The number of pyridine rings is 1. The first kappa shape index (κ1) is 16.8. The van der Waals surface area contributed by atoms with Crippen molar-refractivity contribution in [3.05, 3.63) is 41.9 Å². The molecule has 0 aliphatic heterocycles. The number of fused-ring (bicyclic) bond motifs is 2. The number of hydrogen-bond acceptors (Lipinski definition) is 6. The summed E-state index contributed by atoms with van der Waals surface area (Å²) in [5, 5.41) is 2.84. The molecule has 0 radical (unpaired) electrons. The number of carbonyl (C=O) groups excluding carboxylic acids is 1. The van der Waals surface area contributed by atoms with E-state index in [4.69, 9.17) is 10.5 Å². The lowest BCUT2D eigenvalue weighted by Crippen LogP contribution is -2.23. The van der Waals surface area contributed by atoms with Crippen molar-refractivity contribution in [2.75, 3.05) is 12.8 Å². The molecule has 4 aromatic rings. The largest absolute Gasteiger partial charge is 0.497 e. The van der Waals surface area contributed by atoms with Crippen molar-refractivity contribution in [1.82, 2.24) is 29.8 Å². The van der Waals surface area contributed by atoms with Crippen molar-refractivity contribution in [3.63, 3.8) is 0 Å². The highest BCUT2D eigenvalue weighted by Gasteiger charge is 2.13. The van der Waals surface area contributed by atoms with E-state index in [1.54, 1.807) is 17.7 Å². The normalized spacial score (nSPS) is 11.2. The minimum absolute atomic E-state index is 0.257. The van der Waals surface area contributed by atoms with Crippen molar-refractivity contribution in [1.29, 1.82) is 0 Å². The Labute approximate surface area is 154 Å². The SMILES string of the molecule is CCn1c(N)nc2cc(C(=O)NCc3nc4ccc(OC)cc4[nH]3)cnc21. The van der Waals surface area contributed by atoms with E-state index in [0.717, 1.165) is 16.8 Å². The third-order valence-electron chi connectivity index (χ3n) is 4.35. The fourth-order valence-electron chi connectivity index (χ4n) is 2.98. The maximum absolute atomic E-state index is 12.5. The third kappa shape index (κ3) is 3.03. The van der Waals surface area contributed by atoms with Crippen LogP contribution in [0.4, 0.5) is 5.95 Å². The molecule has 138 valence electrons. The molecule has 9 heteroatoms. The molecule has 0 aliphatic rings. The van der Waals surface area contributed by atoms with Crippen molar-refractivity contribution in [2.45, 2.75) is 20.0 Å². The van der Waals surface area contributed by atoms with Gasteiger partial charge in [0.2, 0.25) is 5.95 Å². The van der Waals surface area contributed by atoms with Crippen LogP contribution in [0.2, 0.25) is 0 Å². The molecular weight excluding hydrogens is 346 g/mol. The number of anilines is 1. The average Bonchev–Trinajstić information content (AvgIpc) is 3.23. The summed E-state index contributed by atoms with van der Waals surface area (Å²) in [4.78, 5) is 28.7. The first-order chi connectivity index (χ1) is 13.1. The van der Waals surface area contributed by atoms with Crippen LogP contribution in [-0.4, -0.2) is 37.5 Å². The molecule has 0 aliphatic carbocycles. The molecule has 0 saturated heterocycles. The predicted octanol–water partition coefficient (Wildman–Crippen LogP) is 1.85. The number of imidazole rings is 2. The van der Waals surface area contributed by atoms with E-state index < -0.39 is 0 Å². The predicted molar refractivity (Wildman–Crippen MR) is 101 cm³/mol. The molecule has 3 heterocycles. The molecule has 0 spiro atoms. The number of nitrogens with one attached hydrogen (secondary N) is 2. The number of H-pyrrole nitrogens is 1. The summed E-state index contributed by atoms with van der Waals surface area (Å²) in [7, 11) is 1.61. The van der Waals surface area contributed by atoms with Gasteiger partial charge in [0.25, 0.3) is 5.91 Å². The lowest BCUT2D eigenvalue weighted by atomic mass is 10.2. The highest BCUT2D eigenvalue weighted by atomic mass is 16.5. The first-order valence-electron chi connectivity index (χ1n) is 8.51. The molecule has 1 aromatic carbocycles. The molecule has 0 unspecified atom stereocenters. The second kappa shape index (κ2) is 6.60. The van der Waals surface area contributed by atoms with Gasteiger partial charge in [-0.3, -0.25) is 9.36 Å². The van der Waals surface area contributed by atoms with E-state index in [2.05, 4.69) is 25.3 Å². The van der Waals surface area contributed by atoms with Gasteiger partial charge in [-0.1, -0.05) is 0 Å². The van der Waals surface area contributed by atoms with Crippen LogP contribution in [0.1, 0.15) is 23.1 Å². The summed E-state index contributed by atoms with van der Waals surface area (Å²) in [5.41, 5.74) is 9.21. The average molecular weight is 365 g/mol. The van der Waals surface area contributed by atoms with Crippen LogP contribution in [0.25, 0.3) is 22.2 Å². The van der Waals surface area contributed by atoms with Crippen LogP contribution >= 0.6 is 0 Å². The smallest absolute Gasteiger partial charge is 0.253 e. The van der Waals surface area contributed by atoms with Crippen molar-refractivity contribution >= 4 is 34.1 Å². The van der Waals surface area contributed by atoms with Gasteiger partial charge in [-0.2, -0.15) is 0 Å². The number of hydrogen-bond donors (Lipinski definition) is 3. The number of nitrogens with zero attached hydrogens (tertiary/aromatic N) is 4. The molecule has 1 amide bonds. The number of aromatic amines is 1. The van der Waals surface area contributed by atoms with E-state index in [9.17, 15) is 4.79 Å². The summed E-state index contributed by atoms with van der Waals surface area (Å²) >= 11 is 0. The minimum atomic E-state index is -0.257. The number of nitrogen functional groups attached to an aromatic ring is 1. The van der Waals surface area contributed by atoms with Gasteiger partial charge in [-0.05, 0) is 25.1 Å². The lowest BCUT2D eigenvalue weighted by molar-refractivity contribution is 0.0949. The quantitative estimate of drug-likeness (QED) is 0.496. The van der Waals surface area contributed by atoms with Gasteiger partial charge < -0.3 is 20.8 Å². The second-order valence-corrected chi connectivity index (χ2v) is 6.03. The Balaban J connectivity index is 1.51. The Bertz CT molecular complexity index is 1150. The summed E-state index contributed by atoms with van der Waals surface area (Å²) in [6.45, 7) is 2.89. The van der Waals surface area contributed by atoms with Gasteiger partial charge in [-0.15, -0.1) is 0 Å². The van der Waals surface area contributed by atoms with E-state index in [1.165, 1.54) is 6.20 Å². The van der Waals surface area contributed by atoms with Crippen LogP contribution in [0.5, 0.6) is 5.75 Å². The van der Waals surface area contributed by atoms with Crippen molar-refractivity contribution < 1.29 is 9.53 Å². The highest BCUT2D eigenvalue weighted by Crippen LogP contribution is 2.19. The zero-order valence-corrected chi connectivity index (χ0v) is 15.0. The molecule has 9 nitrogen and oxygen atoms in total. The van der Waals surface area contributed by atoms with Gasteiger partial charge in [0.05, 0.1) is 30.3 Å². The highest BCUT2D eigenvalue weighted by molar-refractivity contribution is 5.96. The molecule has 0 bridgehead atoms. The Hall–Kier alpha value is -3.62. The van der Waals surface area contributed by atoms with Gasteiger partial charge in [-0.25, -0.2) is 15.0 Å². The van der Waals surface area contributed by atoms with Gasteiger partial charge in [0.1, 0.15) is 17.1 Å². The number of nitrogens with two attached hydrogens (primary N) is 1. The zero-order chi connectivity index (χ0) is 19.0. The molecule has 4 N–H and O–H groups in total. The molecule has 0 fully saturated rings. The van der Waals surface area contributed by atoms with Gasteiger partial charge in [0, 0.05) is 18.8 Å². The first-order valence-corrected chi connectivity index (χ1v) is 8.51. The summed E-state index contributed by atoms with van der Waals surface area (Å²) in [6.07, 6.45) is 1.52. The number of amides is 1. The molecular formula is C18H19N7O2. The van der Waals surface area contributed by atoms with E-state index in [-0.39, 0.29) is 12.5 Å². The fraction of sp³-hybridized carbons (Fsp3) is 0.222. The molecule has 3 aromatic heterocycles. The van der Waals surface area contributed by atoms with Crippen LogP contribution in [0, 0.1) is 0 Å². The number of benzene rings is 1. The molecule has 0 saturated carbocycles. The maximum atomic E-state index is 12.5. The minimum Gasteiger partial charge on any atom is -0.497 e. The Morgan fingerprint density at radius 3 is 2.93 bits per heavy atom.